The zero-order valence-electron chi connectivity index (χ0n) is 14.6. The van der Waals surface area contributed by atoms with Gasteiger partial charge in [0, 0.05) is 11.8 Å². The first-order valence-corrected chi connectivity index (χ1v) is 8.93. The summed E-state index contributed by atoms with van der Waals surface area (Å²) in [4.78, 5) is 7.60. The lowest BCUT2D eigenvalue weighted by Crippen LogP contribution is -2.10. The molecule has 0 bridgehead atoms. The second kappa shape index (κ2) is 7.06. The number of fused-ring (bicyclic) bond motifs is 1. The number of H-pyrrole nitrogens is 1. The molecule has 1 saturated carbocycles. The summed E-state index contributed by atoms with van der Waals surface area (Å²) in [5.41, 5.74) is 0.954. The molecular weight excluding hydrogens is 383 g/mol. The molecule has 0 aliphatic heterocycles. The van der Waals surface area contributed by atoms with Crippen molar-refractivity contribution in [2.45, 2.75) is 50.8 Å². The first kappa shape index (κ1) is 18.7. The van der Waals surface area contributed by atoms with Crippen LogP contribution in [0.5, 0.6) is 5.88 Å². The Morgan fingerprint density at radius 3 is 2.54 bits per heavy atom. The van der Waals surface area contributed by atoms with Crippen molar-refractivity contribution in [2.75, 3.05) is 0 Å². The normalized spacial score (nSPS) is 16.2. The Labute approximate surface area is 156 Å². The van der Waals surface area contributed by atoms with Gasteiger partial charge < -0.3 is 9.72 Å². The van der Waals surface area contributed by atoms with Gasteiger partial charge in [-0.1, -0.05) is 19.3 Å². The molecule has 5 nitrogen and oxygen atoms in total. The lowest BCUT2D eigenvalue weighted by atomic mass is 9.87. The van der Waals surface area contributed by atoms with Gasteiger partial charge in [-0.3, -0.25) is 0 Å². The number of pyridine rings is 1. The minimum absolute atomic E-state index is 0.0344. The van der Waals surface area contributed by atoms with Crippen molar-refractivity contribution < 1.29 is 26.7 Å². The maximum Gasteiger partial charge on any atom is 0.435 e. The van der Waals surface area contributed by atoms with Crippen molar-refractivity contribution in [3.8, 4) is 11.7 Å². The summed E-state index contributed by atoms with van der Waals surface area (Å²) < 4.78 is 68.9. The van der Waals surface area contributed by atoms with Crippen LogP contribution in [-0.4, -0.2) is 26.4 Å². The number of ether oxygens (including phenoxy) is 1. The predicted octanol–water partition coefficient (Wildman–Crippen LogP) is 5.42. The summed E-state index contributed by atoms with van der Waals surface area (Å²) in [6.45, 7) is -3.29. The fourth-order valence-corrected chi connectivity index (χ4v) is 3.61. The molecule has 0 unspecified atom stereocenters. The van der Waals surface area contributed by atoms with E-state index in [1.807, 2.05) is 6.07 Å². The van der Waals surface area contributed by atoms with Crippen molar-refractivity contribution in [3.63, 3.8) is 0 Å². The van der Waals surface area contributed by atoms with Gasteiger partial charge in [0.1, 0.15) is 0 Å². The van der Waals surface area contributed by atoms with E-state index < -0.39 is 24.4 Å². The summed E-state index contributed by atoms with van der Waals surface area (Å²) in [7, 11) is 0. The Morgan fingerprint density at radius 1 is 1.11 bits per heavy atom. The topological polar surface area (TPSA) is 55.7 Å². The zero-order valence-corrected chi connectivity index (χ0v) is 14.6. The molecule has 1 aliphatic rings. The molecule has 150 valence electrons. The van der Waals surface area contributed by atoms with Crippen LogP contribution in [-0.2, 0) is 6.18 Å². The fourth-order valence-electron chi connectivity index (χ4n) is 3.61. The summed E-state index contributed by atoms with van der Waals surface area (Å²) in [6, 6.07) is 5.35. The predicted molar refractivity (Wildman–Crippen MR) is 90.7 cm³/mol. The highest BCUT2D eigenvalue weighted by molar-refractivity contribution is 5.77. The third kappa shape index (κ3) is 3.67. The number of halogens is 5. The van der Waals surface area contributed by atoms with Gasteiger partial charge in [0.05, 0.1) is 11.0 Å². The van der Waals surface area contributed by atoms with Gasteiger partial charge in [-0.05, 0) is 37.0 Å². The highest BCUT2D eigenvalue weighted by Crippen LogP contribution is 2.35. The molecule has 0 radical (unpaired) electrons. The van der Waals surface area contributed by atoms with Crippen molar-refractivity contribution in [3.05, 3.63) is 35.7 Å². The Bertz CT molecular complexity index is 972. The molecule has 0 atom stereocenters. The van der Waals surface area contributed by atoms with E-state index in [0.29, 0.717) is 22.2 Å². The van der Waals surface area contributed by atoms with E-state index in [1.54, 1.807) is 6.07 Å². The molecule has 4 rings (SSSR count). The molecule has 10 heteroatoms. The van der Waals surface area contributed by atoms with E-state index in [-0.39, 0.29) is 5.82 Å². The molecule has 0 saturated heterocycles. The second-order valence-electron chi connectivity index (χ2n) is 6.82. The number of hydrogen-bond donors (Lipinski definition) is 1. The monoisotopic (exact) mass is 400 g/mol. The first-order valence-electron chi connectivity index (χ1n) is 8.93. The van der Waals surface area contributed by atoms with E-state index in [1.165, 1.54) is 12.5 Å². The molecule has 1 fully saturated rings. The standard InChI is InChI=1S/C18H17F5N4O/c19-17(20)28-16-9-14(18(21,22)23)26-27(16)15-7-6-11-13(25-15)8-12(24-11)10-4-2-1-3-5-10/h6-10,17,24H,1-5H2. The molecular formula is C18H17F5N4O. The van der Waals surface area contributed by atoms with Crippen molar-refractivity contribution >= 4 is 11.0 Å². The van der Waals surface area contributed by atoms with Crippen LogP contribution in [0.4, 0.5) is 22.0 Å². The van der Waals surface area contributed by atoms with Crippen LogP contribution in [0.3, 0.4) is 0 Å². The Morgan fingerprint density at radius 2 is 1.86 bits per heavy atom. The number of aromatic amines is 1. The van der Waals surface area contributed by atoms with Gasteiger partial charge in [0.25, 0.3) is 0 Å². The van der Waals surface area contributed by atoms with Gasteiger partial charge in [0.15, 0.2) is 11.5 Å². The minimum Gasteiger partial charge on any atom is -0.417 e. The molecule has 0 spiro atoms. The van der Waals surface area contributed by atoms with Crippen LogP contribution in [0, 0.1) is 0 Å². The number of alkyl halides is 5. The number of nitrogens with one attached hydrogen (secondary N) is 1. The van der Waals surface area contributed by atoms with Gasteiger partial charge in [-0.15, -0.1) is 0 Å². The molecule has 0 aromatic carbocycles. The molecule has 0 amide bonds. The molecule has 3 heterocycles. The second-order valence-corrected chi connectivity index (χ2v) is 6.82. The summed E-state index contributed by atoms with van der Waals surface area (Å²) in [5, 5.41) is 3.37. The van der Waals surface area contributed by atoms with E-state index in [2.05, 4.69) is 19.8 Å². The molecule has 28 heavy (non-hydrogen) atoms. The average Bonchev–Trinajstić information content (AvgIpc) is 3.25. The maximum atomic E-state index is 13.0. The Kier molecular flexibility index (Phi) is 4.72. The third-order valence-corrected chi connectivity index (χ3v) is 4.92. The Hall–Kier alpha value is -2.65. The average molecular weight is 400 g/mol. The number of nitrogens with zero attached hydrogens (tertiary/aromatic N) is 3. The fraction of sp³-hybridized carbons (Fsp3) is 0.444. The van der Waals surface area contributed by atoms with Gasteiger partial charge in [-0.25, -0.2) is 4.98 Å². The Balaban J connectivity index is 1.73. The van der Waals surface area contributed by atoms with Crippen molar-refractivity contribution in [1.82, 2.24) is 19.7 Å². The summed E-state index contributed by atoms with van der Waals surface area (Å²) in [5.74, 6) is -0.365. The number of aromatic nitrogens is 4. The smallest absolute Gasteiger partial charge is 0.417 e. The SMILES string of the molecule is FC(F)Oc1cc(C(F)(F)F)nn1-c1ccc2[nH]c(C3CCCCC3)cc2n1. The van der Waals surface area contributed by atoms with E-state index in [4.69, 9.17) is 0 Å². The number of hydrogen-bond acceptors (Lipinski definition) is 3. The van der Waals surface area contributed by atoms with Crippen molar-refractivity contribution in [2.24, 2.45) is 0 Å². The largest absolute Gasteiger partial charge is 0.435 e. The molecule has 3 aromatic rings. The van der Waals surface area contributed by atoms with Crippen LogP contribution in [0.15, 0.2) is 24.3 Å². The van der Waals surface area contributed by atoms with E-state index in [9.17, 15) is 22.0 Å². The maximum absolute atomic E-state index is 13.0. The van der Waals surface area contributed by atoms with E-state index in [0.717, 1.165) is 36.9 Å². The van der Waals surface area contributed by atoms with Crippen LogP contribution < -0.4 is 4.74 Å². The van der Waals surface area contributed by atoms with Gasteiger partial charge in [0.2, 0.25) is 5.88 Å². The van der Waals surface area contributed by atoms with Gasteiger partial charge >= 0.3 is 12.8 Å². The van der Waals surface area contributed by atoms with E-state index >= 15 is 0 Å². The third-order valence-electron chi connectivity index (χ3n) is 4.92. The van der Waals surface area contributed by atoms with Crippen LogP contribution in [0.25, 0.3) is 16.9 Å². The van der Waals surface area contributed by atoms with Gasteiger partial charge in [-0.2, -0.15) is 31.7 Å². The minimum atomic E-state index is -4.79. The highest BCUT2D eigenvalue weighted by atomic mass is 19.4. The summed E-state index contributed by atoms with van der Waals surface area (Å²) >= 11 is 0. The summed E-state index contributed by atoms with van der Waals surface area (Å²) in [6.07, 6.45) is 0.867. The lowest BCUT2D eigenvalue weighted by molar-refractivity contribution is -0.141. The molecule has 3 aromatic heterocycles. The quantitative estimate of drug-likeness (QED) is 0.596. The van der Waals surface area contributed by atoms with Crippen LogP contribution in [0.1, 0.15) is 49.4 Å². The highest BCUT2D eigenvalue weighted by Gasteiger charge is 2.36. The molecule has 1 aliphatic carbocycles. The van der Waals surface area contributed by atoms with Crippen molar-refractivity contribution in [1.29, 1.82) is 0 Å². The zero-order chi connectivity index (χ0) is 19.9. The first-order chi connectivity index (χ1) is 13.3. The lowest BCUT2D eigenvalue weighted by Gasteiger charge is -2.20. The number of rotatable bonds is 4. The van der Waals surface area contributed by atoms with Crippen LogP contribution in [0.2, 0.25) is 0 Å². The van der Waals surface area contributed by atoms with Crippen LogP contribution >= 0.6 is 0 Å². The molecule has 1 N–H and O–H groups in total.